The van der Waals surface area contributed by atoms with Crippen LogP contribution < -0.4 is 4.90 Å². The van der Waals surface area contributed by atoms with Gasteiger partial charge in [-0.05, 0) is 24.3 Å². The van der Waals surface area contributed by atoms with Crippen molar-refractivity contribution in [2.24, 2.45) is 0 Å². The van der Waals surface area contributed by atoms with Gasteiger partial charge in [0.15, 0.2) is 9.84 Å². The number of halogens is 1. The molecule has 0 bridgehead atoms. The zero-order valence-corrected chi connectivity index (χ0v) is 9.17. The number of benzene rings is 1. The van der Waals surface area contributed by atoms with E-state index in [-0.39, 0.29) is 12.7 Å². The Morgan fingerprint density at radius 1 is 1.40 bits per heavy atom. The van der Waals surface area contributed by atoms with Crippen molar-refractivity contribution in [1.82, 2.24) is 0 Å². The maximum absolute atomic E-state index is 12.2. The molecule has 1 fully saturated rings. The summed E-state index contributed by atoms with van der Waals surface area (Å²) < 4.78 is 34.6. The molecule has 1 aliphatic rings. The summed E-state index contributed by atoms with van der Waals surface area (Å²) in [6, 6.07) is 6.52. The minimum atomic E-state index is -3.14. The topological polar surface area (TPSA) is 37.1 Å². The molecule has 1 heterocycles. The third-order valence-corrected chi connectivity index (χ3v) is 3.62. The van der Waals surface area contributed by atoms with Gasteiger partial charge in [0.05, 0.1) is 10.9 Å². The van der Waals surface area contributed by atoms with E-state index < -0.39 is 9.84 Å². The molecule has 5 heteroatoms. The Hall–Kier alpha value is -1.10. The van der Waals surface area contributed by atoms with Crippen molar-refractivity contribution in [3.63, 3.8) is 0 Å². The summed E-state index contributed by atoms with van der Waals surface area (Å²) in [5, 5.41) is 0. The summed E-state index contributed by atoms with van der Waals surface area (Å²) in [5.74, 6) is 0. The summed E-state index contributed by atoms with van der Waals surface area (Å²) in [4.78, 5) is 2.19. The van der Waals surface area contributed by atoms with E-state index in [1.54, 1.807) is 24.3 Å². The van der Waals surface area contributed by atoms with Crippen LogP contribution in [0.3, 0.4) is 0 Å². The first-order valence-electron chi connectivity index (χ1n) is 4.65. The molecule has 2 rings (SSSR count). The van der Waals surface area contributed by atoms with E-state index in [9.17, 15) is 12.8 Å². The average molecular weight is 229 g/mol. The number of sulfone groups is 1. The number of hydrogen-bond acceptors (Lipinski definition) is 3. The van der Waals surface area contributed by atoms with Crippen molar-refractivity contribution in [3.05, 3.63) is 24.3 Å². The van der Waals surface area contributed by atoms with E-state index >= 15 is 0 Å². The number of nitrogens with zero attached hydrogens (tertiary/aromatic N) is 1. The Morgan fingerprint density at radius 3 is 2.40 bits per heavy atom. The molecule has 1 aromatic rings. The van der Waals surface area contributed by atoms with Crippen LogP contribution in [-0.2, 0) is 9.84 Å². The minimum absolute atomic E-state index is 0.0194. The predicted octanol–water partition coefficient (Wildman–Crippen LogP) is 1.25. The van der Waals surface area contributed by atoms with E-state index in [0.717, 1.165) is 5.69 Å². The van der Waals surface area contributed by atoms with E-state index in [1.165, 1.54) is 6.26 Å². The van der Waals surface area contributed by atoms with Crippen LogP contribution in [0, 0.1) is 0 Å². The van der Waals surface area contributed by atoms with E-state index in [4.69, 9.17) is 0 Å². The molecule has 1 atom stereocenters. The maximum Gasteiger partial charge on any atom is 0.175 e. The fourth-order valence-corrected chi connectivity index (χ4v) is 2.14. The normalized spacial score (nSPS) is 20.4. The number of hydrogen-bond donors (Lipinski definition) is 0. The highest BCUT2D eigenvalue weighted by molar-refractivity contribution is 7.90. The Balaban J connectivity index is 2.19. The molecule has 0 unspecified atom stereocenters. The van der Waals surface area contributed by atoms with Gasteiger partial charge in [0, 0.05) is 18.5 Å². The standard InChI is InChI=1S/C10H12FNO2S/c1-15(13,14)10-4-2-8(3-5-10)12-7-9(12)6-11/h2-5,9H,6-7H2,1H3/t9-,12?/m1/s1. The highest BCUT2D eigenvalue weighted by atomic mass is 32.2. The summed E-state index contributed by atoms with van der Waals surface area (Å²) in [6.45, 7) is 0.364. The summed E-state index contributed by atoms with van der Waals surface area (Å²) in [6.07, 6.45) is 1.17. The van der Waals surface area contributed by atoms with Gasteiger partial charge in [-0.1, -0.05) is 0 Å². The van der Waals surface area contributed by atoms with Crippen LogP contribution in [0.5, 0.6) is 0 Å². The van der Waals surface area contributed by atoms with Crippen molar-refractivity contribution >= 4 is 15.5 Å². The first-order chi connectivity index (χ1) is 7.02. The summed E-state index contributed by atoms with van der Waals surface area (Å²) in [5.41, 5.74) is 0.880. The molecular weight excluding hydrogens is 217 g/mol. The first-order valence-corrected chi connectivity index (χ1v) is 6.54. The first kappa shape index (κ1) is 10.4. The van der Waals surface area contributed by atoms with Gasteiger partial charge in [-0.15, -0.1) is 0 Å². The molecule has 0 amide bonds. The van der Waals surface area contributed by atoms with Crippen molar-refractivity contribution in [1.29, 1.82) is 0 Å². The van der Waals surface area contributed by atoms with Crippen LogP contribution in [0.2, 0.25) is 0 Å². The van der Waals surface area contributed by atoms with Crippen LogP contribution in [0.25, 0.3) is 0 Å². The van der Waals surface area contributed by atoms with Gasteiger partial charge in [-0.3, -0.25) is 0 Å². The lowest BCUT2D eigenvalue weighted by Crippen LogP contribution is -2.01. The van der Waals surface area contributed by atoms with E-state index in [0.29, 0.717) is 11.4 Å². The Morgan fingerprint density at radius 2 is 2.00 bits per heavy atom. The van der Waals surface area contributed by atoms with Crippen LogP contribution in [0.4, 0.5) is 10.1 Å². The molecule has 0 N–H and O–H groups in total. The zero-order chi connectivity index (χ0) is 11.1. The molecule has 1 aliphatic heterocycles. The van der Waals surface area contributed by atoms with Crippen molar-refractivity contribution < 1.29 is 12.8 Å². The third kappa shape index (κ3) is 2.12. The van der Waals surface area contributed by atoms with Gasteiger partial charge in [0.1, 0.15) is 6.67 Å². The summed E-state index contributed by atoms with van der Waals surface area (Å²) >= 11 is 0. The van der Waals surface area contributed by atoms with Gasteiger partial charge in [0.25, 0.3) is 0 Å². The molecule has 82 valence electrons. The zero-order valence-electron chi connectivity index (χ0n) is 8.35. The molecule has 0 saturated carbocycles. The number of alkyl halides is 1. The predicted molar refractivity (Wildman–Crippen MR) is 56.7 cm³/mol. The lowest BCUT2D eigenvalue weighted by molar-refractivity contribution is 0.495. The van der Waals surface area contributed by atoms with Crippen LogP contribution in [0.15, 0.2) is 29.2 Å². The second-order valence-corrected chi connectivity index (χ2v) is 5.74. The Labute approximate surface area is 88.4 Å². The van der Waals surface area contributed by atoms with Crippen LogP contribution >= 0.6 is 0 Å². The monoisotopic (exact) mass is 229 g/mol. The van der Waals surface area contributed by atoms with Crippen molar-refractivity contribution in [3.8, 4) is 0 Å². The minimum Gasteiger partial charge on any atom is -0.362 e. The second-order valence-electron chi connectivity index (χ2n) is 3.73. The SMILES string of the molecule is CS(=O)(=O)c1ccc(N2C[C@H]2CF)cc1. The fraction of sp³-hybridized carbons (Fsp3) is 0.400. The van der Waals surface area contributed by atoms with Gasteiger partial charge in [-0.2, -0.15) is 0 Å². The maximum atomic E-state index is 12.2. The van der Waals surface area contributed by atoms with Crippen molar-refractivity contribution in [2.45, 2.75) is 10.9 Å². The van der Waals surface area contributed by atoms with Gasteiger partial charge < -0.3 is 4.90 Å². The van der Waals surface area contributed by atoms with Crippen molar-refractivity contribution in [2.75, 3.05) is 24.4 Å². The Kier molecular flexibility index (Phi) is 2.42. The van der Waals surface area contributed by atoms with Crippen LogP contribution in [0.1, 0.15) is 0 Å². The molecule has 1 aromatic carbocycles. The molecule has 0 spiro atoms. The smallest absolute Gasteiger partial charge is 0.175 e. The van der Waals surface area contributed by atoms with Gasteiger partial charge >= 0.3 is 0 Å². The molecule has 3 nitrogen and oxygen atoms in total. The quantitative estimate of drug-likeness (QED) is 0.732. The number of anilines is 1. The molecule has 0 radical (unpaired) electrons. The molecule has 15 heavy (non-hydrogen) atoms. The number of rotatable bonds is 3. The van der Waals surface area contributed by atoms with Gasteiger partial charge in [0.2, 0.25) is 0 Å². The molecule has 0 aliphatic carbocycles. The largest absolute Gasteiger partial charge is 0.362 e. The Bertz CT molecular complexity index is 455. The van der Waals surface area contributed by atoms with Crippen LogP contribution in [-0.4, -0.2) is 33.9 Å². The molecular formula is C10H12FNO2S. The van der Waals surface area contributed by atoms with E-state index in [2.05, 4.69) is 0 Å². The lowest BCUT2D eigenvalue weighted by atomic mass is 10.3. The average Bonchev–Trinajstić information content (AvgIpc) is 2.95. The second kappa shape index (κ2) is 3.48. The highest BCUT2D eigenvalue weighted by Gasteiger charge is 2.33. The molecule has 0 aromatic heterocycles. The third-order valence-electron chi connectivity index (χ3n) is 2.49. The molecule has 1 saturated heterocycles. The fourth-order valence-electron chi connectivity index (χ4n) is 1.51. The van der Waals surface area contributed by atoms with E-state index in [1.807, 2.05) is 4.90 Å². The van der Waals surface area contributed by atoms with Gasteiger partial charge in [-0.25, -0.2) is 12.8 Å². The summed E-state index contributed by atoms with van der Waals surface area (Å²) in [7, 11) is -3.14. The highest BCUT2D eigenvalue weighted by Crippen LogP contribution is 2.28. The lowest BCUT2D eigenvalue weighted by Gasteiger charge is -2.04.